The molecule has 0 amide bonds. The summed E-state index contributed by atoms with van der Waals surface area (Å²) in [5, 5.41) is 0. The van der Waals surface area contributed by atoms with Gasteiger partial charge in [-0.2, -0.15) is 0 Å². The number of pyridine rings is 1. The van der Waals surface area contributed by atoms with Crippen LogP contribution in [0.2, 0.25) is 0 Å². The molecule has 0 radical (unpaired) electrons. The van der Waals surface area contributed by atoms with Crippen LogP contribution in [-0.2, 0) is 0 Å². The summed E-state index contributed by atoms with van der Waals surface area (Å²) in [6, 6.07) is 4.54. The Kier molecular flexibility index (Phi) is 4.66. The maximum atomic E-state index is 12.7. The number of carbonyl (C=O) groups excluding carboxylic acids is 1. The Morgan fingerprint density at radius 2 is 2.26 bits per heavy atom. The summed E-state index contributed by atoms with van der Waals surface area (Å²) in [4.78, 5) is 19.6. The molecule has 1 saturated carbocycles. The fourth-order valence-electron chi connectivity index (χ4n) is 3.07. The molecular formula is C18H25N3O2. The van der Waals surface area contributed by atoms with Gasteiger partial charge in [0.05, 0.1) is 12.3 Å². The summed E-state index contributed by atoms with van der Waals surface area (Å²) >= 11 is 0. The largest absolute Gasteiger partial charge is 0.490 e. The molecule has 1 aliphatic carbocycles. The smallest absolute Gasteiger partial charge is 0.181 e. The molecule has 2 heterocycles. The summed E-state index contributed by atoms with van der Waals surface area (Å²) in [6.45, 7) is 5.41. The highest BCUT2D eigenvalue weighted by Crippen LogP contribution is 2.26. The minimum absolute atomic E-state index is 0.160. The van der Waals surface area contributed by atoms with Gasteiger partial charge in [-0.25, -0.2) is 4.98 Å². The second-order valence-corrected chi connectivity index (χ2v) is 6.28. The van der Waals surface area contributed by atoms with E-state index in [9.17, 15) is 4.79 Å². The van der Waals surface area contributed by atoms with Crippen LogP contribution in [0.25, 0.3) is 5.65 Å². The number of aryl methyl sites for hydroxylation is 1. The van der Waals surface area contributed by atoms with Gasteiger partial charge < -0.3 is 9.64 Å². The minimum atomic E-state index is 0.160. The molecule has 124 valence electrons. The monoisotopic (exact) mass is 315 g/mol. The van der Waals surface area contributed by atoms with Crippen LogP contribution in [0, 0.1) is 6.92 Å². The Morgan fingerprint density at radius 1 is 1.48 bits per heavy atom. The fourth-order valence-corrected chi connectivity index (χ4v) is 3.07. The first-order valence-corrected chi connectivity index (χ1v) is 8.45. The third-order valence-electron chi connectivity index (χ3n) is 4.44. The zero-order chi connectivity index (χ0) is 16.4. The lowest BCUT2D eigenvalue weighted by molar-refractivity contribution is 0.0969. The van der Waals surface area contributed by atoms with E-state index < -0.39 is 0 Å². The van der Waals surface area contributed by atoms with Crippen LogP contribution in [0.5, 0.6) is 5.75 Å². The molecule has 0 aliphatic heterocycles. The van der Waals surface area contributed by atoms with E-state index in [1.807, 2.05) is 36.6 Å². The quantitative estimate of drug-likeness (QED) is 0.702. The topological polar surface area (TPSA) is 46.8 Å². The van der Waals surface area contributed by atoms with Crippen LogP contribution in [0.1, 0.15) is 48.8 Å². The maximum absolute atomic E-state index is 12.7. The van der Waals surface area contributed by atoms with Crippen molar-refractivity contribution >= 4 is 11.4 Å². The Balaban J connectivity index is 1.74. The number of hydrogen-bond acceptors (Lipinski definition) is 4. The highest BCUT2D eigenvalue weighted by Gasteiger charge is 2.26. The Hall–Kier alpha value is -1.88. The third kappa shape index (κ3) is 3.39. The number of ketones is 1. The van der Waals surface area contributed by atoms with E-state index >= 15 is 0 Å². The first-order chi connectivity index (χ1) is 11.1. The van der Waals surface area contributed by atoms with E-state index in [2.05, 4.69) is 16.9 Å². The van der Waals surface area contributed by atoms with Gasteiger partial charge in [0.1, 0.15) is 5.69 Å². The molecule has 0 spiro atoms. The number of hydrogen-bond donors (Lipinski definition) is 0. The van der Waals surface area contributed by atoms with E-state index in [4.69, 9.17) is 4.74 Å². The molecule has 2 aromatic heterocycles. The van der Waals surface area contributed by atoms with Gasteiger partial charge in [-0.1, -0.05) is 0 Å². The van der Waals surface area contributed by atoms with Gasteiger partial charge >= 0.3 is 0 Å². The standard InChI is InChI=1S/C18H25N3O2/c1-4-23-16-8-6-12-21-17(13(2)19-18(16)21)15(22)7-5-11-20(3)14-9-10-14/h6,8,12,14H,4-5,7,9-11H2,1-3H3. The molecule has 0 atom stereocenters. The first-order valence-electron chi connectivity index (χ1n) is 8.45. The van der Waals surface area contributed by atoms with Crippen LogP contribution in [-0.4, -0.2) is 46.3 Å². The number of nitrogens with zero attached hydrogens (tertiary/aromatic N) is 3. The van der Waals surface area contributed by atoms with E-state index in [1.165, 1.54) is 12.8 Å². The second-order valence-electron chi connectivity index (χ2n) is 6.28. The maximum Gasteiger partial charge on any atom is 0.181 e. The summed E-state index contributed by atoms with van der Waals surface area (Å²) < 4.78 is 7.48. The minimum Gasteiger partial charge on any atom is -0.490 e. The first kappa shape index (κ1) is 16.0. The molecule has 0 saturated heterocycles. The van der Waals surface area contributed by atoms with Gasteiger partial charge in [0, 0.05) is 18.7 Å². The van der Waals surface area contributed by atoms with E-state index in [1.54, 1.807) is 0 Å². The molecule has 2 aromatic rings. The lowest BCUT2D eigenvalue weighted by Gasteiger charge is -2.14. The van der Waals surface area contributed by atoms with Gasteiger partial charge in [-0.05, 0) is 58.8 Å². The van der Waals surface area contributed by atoms with Gasteiger partial charge in [-0.3, -0.25) is 9.20 Å². The Bertz CT molecular complexity index is 704. The summed E-state index contributed by atoms with van der Waals surface area (Å²) in [5.74, 6) is 0.887. The van der Waals surface area contributed by atoms with Gasteiger partial charge in [-0.15, -0.1) is 0 Å². The van der Waals surface area contributed by atoms with Crippen LogP contribution in [0.15, 0.2) is 18.3 Å². The Labute approximate surface area is 137 Å². The summed E-state index contributed by atoms with van der Waals surface area (Å²) in [5.41, 5.74) is 2.19. The number of Topliss-reactive ketones (excluding diaryl/α,β-unsaturated/α-hetero) is 1. The van der Waals surface area contributed by atoms with Crippen molar-refractivity contribution in [3.8, 4) is 5.75 Å². The number of carbonyl (C=O) groups is 1. The molecule has 23 heavy (non-hydrogen) atoms. The number of rotatable bonds is 8. The molecule has 1 fully saturated rings. The number of imidazole rings is 1. The second kappa shape index (κ2) is 6.71. The summed E-state index contributed by atoms with van der Waals surface area (Å²) in [6.07, 6.45) is 5.95. The van der Waals surface area contributed by atoms with Crippen LogP contribution < -0.4 is 4.74 Å². The molecule has 0 N–H and O–H groups in total. The molecule has 0 bridgehead atoms. The van der Waals surface area contributed by atoms with E-state index in [0.29, 0.717) is 18.7 Å². The normalized spacial score (nSPS) is 14.6. The van der Waals surface area contributed by atoms with Crippen molar-refractivity contribution in [1.29, 1.82) is 0 Å². The summed E-state index contributed by atoms with van der Waals surface area (Å²) in [7, 11) is 2.15. The molecule has 0 unspecified atom stereocenters. The van der Waals surface area contributed by atoms with Crippen LogP contribution in [0.4, 0.5) is 0 Å². The SMILES string of the molecule is CCOc1cccn2c(C(=O)CCCN(C)C3CC3)c(C)nc12. The van der Waals surface area contributed by atoms with Crippen LogP contribution in [0.3, 0.4) is 0 Å². The molecule has 0 aromatic carbocycles. The molecular weight excluding hydrogens is 290 g/mol. The lowest BCUT2D eigenvalue weighted by Crippen LogP contribution is -2.22. The molecule has 5 nitrogen and oxygen atoms in total. The van der Waals surface area contributed by atoms with Crippen molar-refractivity contribution in [2.24, 2.45) is 0 Å². The van der Waals surface area contributed by atoms with Crippen molar-refractivity contribution in [3.05, 3.63) is 29.7 Å². The predicted molar refractivity (Wildman–Crippen MR) is 90.3 cm³/mol. The lowest BCUT2D eigenvalue weighted by atomic mass is 10.1. The van der Waals surface area contributed by atoms with Crippen molar-refractivity contribution in [3.63, 3.8) is 0 Å². The van der Waals surface area contributed by atoms with Crippen molar-refractivity contribution in [2.45, 2.75) is 45.6 Å². The number of ether oxygens (including phenoxy) is 1. The fraction of sp³-hybridized carbons (Fsp3) is 0.556. The average molecular weight is 315 g/mol. The van der Waals surface area contributed by atoms with E-state index in [-0.39, 0.29) is 5.78 Å². The Morgan fingerprint density at radius 3 is 2.96 bits per heavy atom. The molecule has 3 rings (SSSR count). The zero-order valence-electron chi connectivity index (χ0n) is 14.2. The van der Waals surface area contributed by atoms with Crippen LogP contribution >= 0.6 is 0 Å². The van der Waals surface area contributed by atoms with Crippen molar-refractivity contribution < 1.29 is 9.53 Å². The van der Waals surface area contributed by atoms with Gasteiger partial charge in [0.15, 0.2) is 17.2 Å². The molecule has 5 heteroatoms. The van der Waals surface area contributed by atoms with E-state index in [0.717, 1.165) is 36.1 Å². The third-order valence-corrected chi connectivity index (χ3v) is 4.44. The van der Waals surface area contributed by atoms with Gasteiger partial charge in [0.2, 0.25) is 0 Å². The predicted octanol–water partition coefficient (Wildman–Crippen LogP) is 3.10. The van der Waals surface area contributed by atoms with Crippen molar-refractivity contribution in [1.82, 2.24) is 14.3 Å². The zero-order valence-corrected chi connectivity index (χ0v) is 14.2. The molecule has 1 aliphatic rings. The highest BCUT2D eigenvalue weighted by molar-refractivity contribution is 5.96. The number of fused-ring (bicyclic) bond motifs is 1. The van der Waals surface area contributed by atoms with Crippen molar-refractivity contribution in [2.75, 3.05) is 20.2 Å². The van der Waals surface area contributed by atoms with Gasteiger partial charge in [0.25, 0.3) is 0 Å². The average Bonchev–Trinajstić information content (AvgIpc) is 3.30. The number of aromatic nitrogens is 2. The highest BCUT2D eigenvalue weighted by atomic mass is 16.5.